The van der Waals surface area contributed by atoms with Gasteiger partial charge >= 0.3 is 5.97 Å². The summed E-state index contributed by atoms with van der Waals surface area (Å²) in [5.74, 6) is -1.81. The summed E-state index contributed by atoms with van der Waals surface area (Å²) in [6.45, 7) is 6.75. The van der Waals surface area contributed by atoms with E-state index in [0.717, 1.165) is 0 Å². The molecule has 9 atom stereocenters. The first kappa shape index (κ1) is 22.0. The predicted octanol–water partition coefficient (Wildman–Crippen LogP) is 2.87. The van der Waals surface area contributed by atoms with Crippen molar-refractivity contribution in [1.29, 1.82) is 0 Å². The van der Waals surface area contributed by atoms with Gasteiger partial charge in [0.15, 0.2) is 11.4 Å². The highest BCUT2D eigenvalue weighted by molar-refractivity contribution is 6.01. The molecule has 4 fully saturated rings. The molecule has 1 aliphatic heterocycles. The Labute approximate surface area is 187 Å². The van der Waals surface area contributed by atoms with Crippen LogP contribution in [-0.4, -0.2) is 52.7 Å². The molecular weight excluding hydrogens is 415 g/mol. The number of carbonyl (C=O) groups excluding carboxylic acids is 3. The molecule has 1 saturated heterocycles. The standard InChI is InChI=1S/C25H31FO6/c1-5-21(30)32-24(19(29)12-27)13(2)8-15-16-10-18(26)17-9-14(28)6-7-22(17,3)25(16)20(31-25)11-23(15,24)4/h6-7,9,13,15-16,18,20,27H,5,8,10-12H2,1-4H3/t13-,15-,16-,18-,20-,22-,23-,24-,25+/m0/s1. The molecule has 0 radical (unpaired) electrons. The average Bonchev–Trinajstić information content (AvgIpc) is 3.43. The molecule has 3 saturated carbocycles. The van der Waals surface area contributed by atoms with Crippen LogP contribution in [0.25, 0.3) is 0 Å². The number of alkyl halides is 1. The molecule has 5 aliphatic rings. The summed E-state index contributed by atoms with van der Waals surface area (Å²) in [7, 11) is 0. The van der Waals surface area contributed by atoms with Crippen molar-refractivity contribution in [2.24, 2.45) is 28.6 Å². The van der Waals surface area contributed by atoms with Crippen LogP contribution in [0.3, 0.4) is 0 Å². The van der Waals surface area contributed by atoms with Crippen molar-refractivity contribution >= 4 is 17.5 Å². The molecule has 5 rings (SSSR count). The number of allylic oxidation sites excluding steroid dienone is 2. The van der Waals surface area contributed by atoms with Crippen molar-refractivity contribution in [3.05, 3.63) is 23.8 Å². The van der Waals surface area contributed by atoms with Gasteiger partial charge in [-0.2, -0.15) is 0 Å². The van der Waals surface area contributed by atoms with Crippen molar-refractivity contribution in [1.82, 2.24) is 0 Å². The van der Waals surface area contributed by atoms with Crippen LogP contribution in [0, 0.1) is 28.6 Å². The van der Waals surface area contributed by atoms with E-state index in [-0.39, 0.29) is 42.5 Å². The second-order valence-electron chi connectivity index (χ2n) is 10.8. The van der Waals surface area contributed by atoms with Crippen LogP contribution in [-0.2, 0) is 23.9 Å². The molecule has 6 nitrogen and oxygen atoms in total. The van der Waals surface area contributed by atoms with Crippen LogP contribution in [0.5, 0.6) is 0 Å². The fourth-order valence-corrected chi connectivity index (χ4v) is 8.20. The molecule has 32 heavy (non-hydrogen) atoms. The van der Waals surface area contributed by atoms with E-state index in [9.17, 15) is 19.5 Å². The highest BCUT2D eigenvalue weighted by Crippen LogP contribution is 2.77. The number of aliphatic hydroxyl groups excluding tert-OH is 1. The van der Waals surface area contributed by atoms with Crippen molar-refractivity contribution in [3.63, 3.8) is 0 Å². The van der Waals surface area contributed by atoms with E-state index in [1.165, 1.54) is 12.2 Å². The maximum atomic E-state index is 15.6. The zero-order valence-electron chi connectivity index (χ0n) is 19.0. The van der Waals surface area contributed by atoms with Crippen LogP contribution in [0.4, 0.5) is 4.39 Å². The van der Waals surface area contributed by atoms with E-state index in [1.807, 2.05) is 20.8 Å². The van der Waals surface area contributed by atoms with E-state index in [4.69, 9.17) is 9.47 Å². The largest absolute Gasteiger partial charge is 0.450 e. The van der Waals surface area contributed by atoms with Gasteiger partial charge in [-0.15, -0.1) is 0 Å². The number of halogens is 1. The van der Waals surface area contributed by atoms with Crippen molar-refractivity contribution in [3.8, 4) is 0 Å². The number of rotatable bonds is 4. The average molecular weight is 447 g/mol. The zero-order chi connectivity index (χ0) is 23.3. The Hall–Kier alpha value is -1.86. The van der Waals surface area contributed by atoms with Gasteiger partial charge in [0.05, 0.1) is 6.10 Å². The van der Waals surface area contributed by atoms with Gasteiger partial charge in [0, 0.05) is 23.2 Å². The molecule has 7 heteroatoms. The van der Waals surface area contributed by atoms with Crippen LogP contribution < -0.4 is 0 Å². The summed E-state index contributed by atoms with van der Waals surface area (Å²) in [5, 5.41) is 9.86. The topological polar surface area (TPSA) is 93.2 Å². The minimum absolute atomic E-state index is 0.124. The molecule has 0 unspecified atom stereocenters. The Morgan fingerprint density at radius 3 is 2.66 bits per heavy atom. The number of Topliss-reactive ketones (excluding diaryl/α,β-unsaturated/α-hetero) is 1. The van der Waals surface area contributed by atoms with E-state index >= 15 is 4.39 Å². The minimum atomic E-state index is -1.46. The van der Waals surface area contributed by atoms with Crippen LogP contribution in [0.15, 0.2) is 23.8 Å². The number of epoxide rings is 1. The Balaban J connectivity index is 1.62. The van der Waals surface area contributed by atoms with Gasteiger partial charge in [-0.05, 0) is 55.7 Å². The third-order valence-corrected chi connectivity index (χ3v) is 9.58. The Bertz CT molecular complexity index is 971. The number of fused-ring (bicyclic) bond motifs is 3. The van der Waals surface area contributed by atoms with Gasteiger partial charge in [-0.1, -0.05) is 26.8 Å². The Morgan fingerprint density at radius 2 is 2.00 bits per heavy atom. The lowest BCUT2D eigenvalue weighted by Crippen LogP contribution is -2.64. The summed E-state index contributed by atoms with van der Waals surface area (Å²) in [6, 6.07) is 0. The second kappa shape index (κ2) is 6.60. The fraction of sp³-hybridized carbons (Fsp3) is 0.720. The Kier molecular flexibility index (Phi) is 4.53. The van der Waals surface area contributed by atoms with Gasteiger partial charge < -0.3 is 14.6 Å². The lowest BCUT2D eigenvalue weighted by molar-refractivity contribution is -0.193. The number of aliphatic hydroxyl groups is 1. The molecule has 0 aromatic carbocycles. The number of carbonyl (C=O) groups is 3. The second-order valence-corrected chi connectivity index (χ2v) is 10.8. The van der Waals surface area contributed by atoms with Crippen molar-refractivity contribution in [2.75, 3.05) is 6.61 Å². The van der Waals surface area contributed by atoms with Crippen molar-refractivity contribution in [2.45, 2.75) is 76.9 Å². The maximum Gasteiger partial charge on any atom is 0.306 e. The smallest absolute Gasteiger partial charge is 0.306 e. The molecule has 4 aliphatic carbocycles. The lowest BCUT2D eigenvalue weighted by Gasteiger charge is -2.56. The molecular formula is C25H31FO6. The van der Waals surface area contributed by atoms with Gasteiger partial charge in [0.1, 0.15) is 18.4 Å². The molecule has 0 amide bonds. The predicted molar refractivity (Wildman–Crippen MR) is 112 cm³/mol. The number of esters is 1. The first-order chi connectivity index (χ1) is 15.0. The fourth-order valence-electron chi connectivity index (χ4n) is 8.20. The number of hydrogen-bond donors (Lipinski definition) is 1. The van der Waals surface area contributed by atoms with Crippen LogP contribution in [0.1, 0.15) is 53.4 Å². The molecule has 1 spiro atoms. The normalized spacial score (nSPS) is 50.5. The lowest BCUT2D eigenvalue weighted by atomic mass is 9.46. The first-order valence-electron chi connectivity index (χ1n) is 11.6. The van der Waals surface area contributed by atoms with Crippen molar-refractivity contribution < 1.29 is 33.4 Å². The van der Waals surface area contributed by atoms with E-state index in [1.54, 1.807) is 13.0 Å². The van der Waals surface area contributed by atoms with Crippen LogP contribution in [0.2, 0.25) is 0 Å². The van der Waals surface area contributed by atoms with Gasteiger partial charge in [-0.25, -0.2) is 4.39 Å². The number of ether oxygens (including phenoxy) is 2. The number of hydrogen-bond acceptors (Lipinski definition) is 6. The van der Waals surface area contributed by atoms with E-state index < -0.39 is 46.6 Å². The molecule has 1 N–H and O–H groups in total. The van der Waals surface area contributed by atoms with E-state index in [0.29, 0.717) is 18.4 Å². The molecule has 1 heterocycles. The molecule has 174 valence electrons. The SMILES string of the molecule is CCC(=O)O[C@]1(C(=O)CO)[C@@H](C)C[C@H]2[C@@H]3C[C@H](F)C4=CC(=O)C=C[C@]4(C)[C@@]34O[C@H]4C[C@@]21C. The van der Waals surface area contributed by atoms with Gasteiger partial charge in [0.2, 0.25) is 5.78 Å². The minimum Gasteiger partial charge on any atom is -0.450 e. The molecule has 0 aromatic rings. The first-order valence-corrected chi connectivity index (χ1v) is 11.6. The highest BCUT2D eigenvalue weighted by atomic mass is 19.1. The summed E-state index contributed by atoms with van der Waals surface area (Å²) in [4.78, 5) is 37.7. The summed E-state index contributed by atoms with van der Waals surface area (Å²) in [6.07, 6.45) is 4.57. The summed E-state index contributed by atoms with van der Waals surface area (Å²) in [5.41, 5.74) is -3.12. The van der Waals surface area contributed by atoms with Gasteiger partial charge in [-0.3, -0.25) is 14.4 Å². The quantitative estimate of drug-likeness (QED) is 0.527. The van der Waals surface area contributed by atoms with Gasteiger partial charge in [0.25, 0.3) is 0 Å². The van der Waals surface area contributed by atoms with Crippen LogP contribution >= 0.6 is 0 Å². The summed E-state index contributed by atoms with van der Waals surface area (Å²) >= 11 is 0. The zero-order valence-corrected chi connectivity index (χ0v) is 19.0. The third-order valence-electron chi connectivity index (χ3n) is 9.58. The number of ketones is 2. The molecule has 0 aromatic heterocycles. The Morgan fingerprint density at radius 1 is 1.28 bits per heavy atom. The van der Waals surface area contributed by atoms with E-state index in [2.05, 4.69) is 0 Å². The third kappa shape index (κ3) is 2.29. The highest BCUT2D eigenvalue weighted by Gasteiger charge is 2.83. The summed E-state index contributed by atoms with van der Waals surface area (Å²) < 4.78 is 27.9. The molecule has 0 bridgehead atoms. The monoisotopic (exact) mass is 446 g/mol. The maximum absolute atomic E-state index is 15.6.